The molecule has 0 aliphatic carbocycles. The van der Waals surface area contributed by atoms with Crippen molar-refractivity contribution >= 4 is 15.9 Å². The van der Waals surface area contributed by atoms with E-state index in [0.29, 0.717) is 11.5 Å². The maximum absolute atomic E-state index is 5.70. The van der Waals surface area contributed by atoms with Crippen LogP contribution >= 0.6 is 15.9 Å². The summed E-state index contributed by atoms with van der Waals surface area (Å²) in [7, 11) is 0. The Balaban J connectivity index is 2.26. The lowest BCUT2D eigenvalue weighted by Gasteiger charge is -2.31. The topological polar surface area (TPSA) is 9.23 Å². The van der Waals surface area contributed by atoms with E-state index in [9.17, 15) is 0 Å². The van der Waals surface area contributed by atoms with Crippen molar-refractivity contribution in [1.82, 2.24) is 0 Å². The van der Waals surface area contributed by atoms with Crippen LogP contribution in [-0.2, 0) is 4.74 Å². The van der Waals surface area contributed by atoms with Crippen molar-refractivity contribution in [2.45, 2.75) is 77.7 Å². The quantitative estimate of drug-likeness (QED) is 0.524. The molecule has 0 amide bonds. The number of ether oxygens (including phenoxy) is 1. The fourth-order valence-corrected chi connectivity index (χ4v) is 3.79. The fraction of sp³-hybridized carbons (Fsp3) is 1.00. The van der Waals surface area contributed by atoms with Crippen molar-refractivity contribution in [3.05, 3.63) is 0 Å². The molecule has 0 spiro atoms. The highest BCUT2D eigenvalue weighted by atomic mass is 79.9. The van der Waals surface area contributed by atoms with Crippen molar-refractivity contribution < 1.29 is 4.74 Å². The van der Waals surface area contributed by atoms with Gasteiger partial charge in [0.1, 0.15) is 0 Å². The molecule has 0 bridgehead atoms. The van der Waals surface area contributed by atoms with Crippen molar-refractivity contribution in [2.24, 2.45) is 5.41 Å². The van der Waals surface area contributed by atoms with Gasteiger partial charge < -0.3 is 4.74 Å². The van der Waals surface area contributed by atoms with Gasteiger partial charge in [-0.3, -0.25) is 0 Å². The van der Waals surface area contributed by atoms with Gasteiger partial charge in [-0.25, -0.2) is 0 Å². The molecule has 1 nitrogen and oxygen atoms in total. The molecular formula is C15H29BrO. The van der Waals surface area contributed by atoms with Gasteiger partial charge in [-0.05, 0) is 43.9 Å². The molecule has 2 heteroatoms. The normalized spacial score (nSPS) is 23.8. The Morgan fingerprint density at radius 2 is 2.00 bits per heavy atom. The third kappa shape index (κ3) is 5.30. The van der Waals surface area contributed by atoms with Crippen LogP contribution in [0.3, 0.4) is 0 Å². The Morgan fingerprint density at radius 3 is 2.53 bits per heavy atom. The molecule has 0 aromatic carbocycles. The molecule has 0 radical (unpaired) electrons. The van der Waals surface area contributed by atoms with Crippen LogP contribution < -0.4 is 0 Å². The Bertz CT molecular complexity index is 183. The average molecular weight is 305 g/mol. The van der Waals surface area contributed by atoms with Crippen LogP contribution in [0.15, 0.2) is 0 Å². The average Bonchev–Trinajstić information content (AvgIpc) is 2.87. The third-order valence-corrected chi connectivity index (χ3v) is 5.54. The first kappa shape index (κ1) is 15.5. The van der Waals surface area contributed by atoms with Crippen LogP contribution in [0.4, 0.5) is 0 Å². The van der Waals surface area contributed by atoms with Gasteiger partial charge in [-0.1, -0.05) is 49.0 Å². The first-order chi connectivity index (χ1) is 8.26. The lowest BCUT2D eigenvalue weighted by Crippen LogP contribution is -2.22. The summed E-state index contributed by atoms with van der Waals surface area (Å²) in [6.45, 7) is 5.64. The molecular weight excluding hydrogens is 276 g/mol. The van der Waals surface area contributed by atoms with Gasteiger partial charge >= 0.3 is 0 Å². The molecule has 1 heterocycles. The second-order valence-electron chi connectivity index (χ2n) is 5.62. The first-order valence-corrected chi connectivity index (χ1v) is 8.56. The molecule has 0 aromatic rings. The summed E-state index contributed by atoms with van der Waals surface area (Å²) < 4.78 is 5.70. The summed E-state index contributed by atoms with van der Waals surface area (Å²) in [5.41, 5.74) is 0.550. The maximum Gasteiger partial charge on any atom is 0.0576 e. The summed E-state index contributed by atoms with van der Waals surface area (Å²) in [4.78, 5) is 0. The zero-order chi connectivity index (χ0) is 12.6. The zero-order valence-corrected chi connectivity index (χ0v) is 13.2. The van der Waals surface area contributed by atoms with Crippen LogP contribution in [0.5, 0.6) is 0 Å². The number of alkyl halides is 1. The number of rotatable bonds is 9. The fourth-order valence-electron chi connectivity index (χ4n) is 2.84. The molecule has 1 aliphatic heterocycles. The van der Waals surface area contributed by atoms with Gasteiger partial charge in [0.2, 0.25) is 0 Å². The van der Waals surface area contributed by atoms with E-state index in [1.165, 1.54) is 63.1 Å². The second-order valence-corrected chi connectivity index (χ2v) is 6.18. The van der Waals surface area contributed by atoms with Crippen molar-refractivity contribution in [3.63, 3.8) is 0 Å². The largest absolute Gasteiger partial charge is 0.378 e. The zero-order valence-electron chi connectivity index (χ0n) is 11.6. The van der Waals surface area contributed by atoms with Gasteiger partial charge in [0.25, 0.3) is 0 Å². The maximum atomic E-state index is 5.70. The minimum absolute atomic E-state index is 0.550. The van der Waals surface area contributed by atoms with E-state index in [4.69, 9.17) is 4.74 Å². The third-order valence-electron chi connectivity index (χ3n) is 4.35. The van der Waals surface area contributed by atoms with E-state index < -0.39 is 0 Å². The predicted octanol–water partition coefficient (Wildman–Crippen LogP) is 5.32. The number of unbranched alkanes of at least 4 members (excludes halogenated alkanes) is 1. The molecule has 17 heavy (non-hydrogen) atoms. The number of halogens is 1. The molecule has 2 atom stereocenters. The van der Waals surface area contributed by atoms with Crippen LogP contribution in [-0.4, -0.2) is 18.0 Å². The molecule has 0 N–H and O–H groups in total. The van der Waals surface area contributed by atoms with Crippen LogP contribution in [0, 0.1) is 5.41 Å². The molecule has 1 rings (SSSR count). The van der Waals surface area contributed by atoms with Crippen LogP contribution in [0.2, 0.25) is 0 Å². The second kappa shape index (κ2) is 8.53. The van der Waals surface area contributed by atoms with E-state index in [1.807, 2.05) is 0 Å². The predicted molar refractivity (Wildman–Crippen MR) is 78.9 cm³/mol. The van der Waals surface area contributed by atoms with E-state index in [2.05, 4.69) is 29.8 Å². The summed E-state index contributed by atoms with van der Waals surface area (Å²) in [5.74, 6) is 0. The minimum atomic E-state index is 0.550. The van der Waals surface area contributed by atoms with E-state index in [1.54, 1.807) is 0 Å². The molecule has 2 unspecified atom stereocenters. The SMILES string of the molecule is CCCCC(CC)(CBr)CCCC1CCCO1. The van der Waals surface area contributed by atoms with Crippen molar-refractivity contribution in [3.8, 4) is 0 Å². The van der Waals surface area contributed by atoms with Crippen LogP contribution in [0.1, 0.15) is 71.6 Å². The summed E-state index contributed by atoms with van der Waals surface area (Å²) in [6.07, 6.45) is 12.5. The van der Waals surface area contributed by atoms with Gasteiger partial charge in [-0.15, -0.1) is 0 Å². The molecule has 1 fully saturated rings. The van der Waals surface area contributed by atoms with Crippen LogP contribution in [0.25, 0.3) is 0 Å². The monoisotopic (exact) mass is 304 g/mol. The van der Waals surface area contributed by atoms with E-state index in [-0.39, 0.29) is 0 Å². The molecule has 102 valence electrons. The lowest BCUT2D eigenvalue weighted by molar-refractivity contribution is 0.0974. The lowest BCUT2D eigenvalue weighted by atomic mass is 9.78. The van der Waals surface area contributed by atoms with Gasteiger partial charge in [0.05, 0.1) is 6.10 Å². The Hall–Kier alpha value is 0.440. The summed E-state index contributed by atoms with van der Waals surface area (Å²) in [5, 5.41) is 1.17. The summed E-state index contributed by atoms with van der Waals surface area (Å²) >= 11 is 3.75. The highest BCUT2D eigenvalue weighted by molar-refractivity contribution is 9.09. The number of hydrogen-bond acceptors (Lipinski definition) is 1. The van der Waals surface area contributed by atoms with Gasteiger partial charge in [-0.2, -0.15) is 0 Å². The molecule has 0 saturated carbocycles. The minimum Gasteiger partial charge on any atom is -0.378 e. The Kier molecular flexibility index (Phi) is 7.77. The standard InChI is InChI=1S/C15H29BrO/c1-3-5-10-15(4-2,13-16)11-6-8-14-9-7-12-17-14/h14H,3-13H2,1-2H3. The number of hydrogen-bond donors (Lipinski definition) is 0. The smallest absolute Gasteiger partial charge is 0.0576 e. The highest BCUT2D eigenvalue weighted by Gasteiger charge is 2.26. The van der Waals surface area contributed by atoms with Gasteiger partial charge in [0, 0.05) is 11.9 Å². The molecule has 1 aliphatic rings. The highest BCUT2D eigenvalue weighted by Crippen LogP contribution is 2.37. The van der Waals surface area contributed by atoms with E-state index >= 15 is 0 Å². The first-order valence-electron chi connectivity index (χ1n) is 7.44. The van der Waals surface area contributed by atoms with Crippen molar-refractivity contribution in [1.29, 1.82) is 0 Å². The van der Waals surface area contributed by atoms with E-state index in [0.717, 1.165) is 6.61 Å². The Morgan fingerprint density at radius 1 is 1.24 bits per heavy atom. The summed E-state index contributed by atoms with van der Waals surface area (Å²) in [6, 6.07) is 0. The molecule has 0 aromatic heterocycles. The Labute approximate surface area is 116 Å². The van der Waals surface area contributed by atoms with Crippen molar-refractivity contribution in [2.75, 3.05) is 11.9 Å². The van der Waals surface area contributed by atoms with Gasteiger partial charge in [0.15, 0.2) is 0 Å². The molecule has 1 saturated heterocycles.